The molecule has 0 radical (unpaired) electrons. The highest BCUT2D eigenvalue weighted by Gasteiger charge is 1.97. The lowest BCUT2D eigenvalue weighted by Crippen LogP contribution is -2.19. The summed E-state index contributed by atoms with van der Waals surface area (Å²) in [5.41, 5.74) is 5.54. The van der Waals surface area contributed by atoms with E-state index in [9.17, 15) is 0 Å². The van der Waals surface area contributed by atoms with Crippen LogP contribution in [0.1, 0.15) is 12.7 Å². The van der Waals surface area contributed by atoms with Gasteiger partial charge in [0.05, 0.1) is 0 Å². The second-order valence-electron chi connectivity index (χ2n) is 2.35. The molecule has 0 fully saturated rings. The summed E-state index contributed by atoms with van der Waals surface area (Å²) in [6, 6.07) is 1.94. The van der Waals surface area contributed by atoms with Gasteiger partial charge in [0.1, 0.15) is 5.82 Å². The van der Waals surface area contributed by atoms with Gasteiger partial charge in [-0.1, -0.05) is 0 Å². The van der Waals surface area contributed by atoms with E-state index in [4.69, 9.17) is 5.73 Å². The molecule has 0 saturated carbocycles. The molecule has 0 bridgehead atoms. The first kappa shape index (κ1) is 7.15. The van der Waals surface area contributed by atoms with Crippen LogP contribution in [0.4, 0.5) is 0 Å². The van der Waals surface area contributed by atoms with Gasteiger partial charge in [-0.2, -0.15) is 0 Å². The second kappa shape index (κ2) is 3.27. The molecule has 0 saturated heterocycles. The molecule has 54 valence electrons. The molecule has 1 rings (SSSR count). The van der Waals surface area contributed by atoms with Crippen molar-refractivity contribution >= 4 is 0 Å². The topological polar surface area (TPSA) is 51.8 Å². The van der Waals surface area contributed by atoms with Crippen molar-refractivity contribution in [1.29, 1.82) is 0 Å². The average Bonchev–Trinajstić information content (AvgIpc) is 1.88. The zero-order chi connectivity index (χ0) is 7.40. The van der Waals surface area contributed by atoms with Gasteiger partial charge in [0.25, 0.3) is 0 Å². The number of nitrogens with two attached hydrogens (primary N) is 1. The Bertz CT molecular complexity index is 183. The lowest BCUT2D eigenvalue weighted by Gasteiger charge is -2.00. The zero-order valence-electron chi connectivity index (χ0n) is 5.99. The van der Waals surface area contributed by atoms with E-state index in [2.05, 4.69) is 9.97 Å². The van der Waals surface area contributed by atoms with Gasteiger partial charge < -0.3 is 5.73 Å². The van der Waals surface area contributed by atoms with Crippen molar-refractivity contribution in [2.45, 2.75) is 19.4 Å². The summed E-state index contributed by atoms with van der Waals surface area (Å²) in [5.74, 6) is 0.817. The number of rotatable bonds is 2. The molecule has 3 nitrogen and oxygen atoms in total. The molecule has 0 aliphatic heterocycles. The van der Waals surface area contributed by atoms with E-state index >= 15 is 0 Å². The van der Waals surface area contributed by atoms with Crippen LogP contribution < -0.4 is 5.73 Å². The molecule has 0 spiro atoms. The normalized spacial score (nSPS) is 13.0. The molecule has 1 atom stereocenters. The van der Waals surface area contributed by atoms with E-state index in [1.807, 2.05) is 6.92 Å². The Morgan fingerprint density at radius 1 is 1.50 bits per heavy atom. The zero-order valence-corrected chi connectivity index (χ0v) is 5.99. The fourth-order valence-corrected chi connectivity index (χ4v) is 0.723. The maximum Gasteiger partial charge on any atom is 0.129 e. The van der Waals surface area contributed by atoms with Crippen molar-refractivity contribution < 1.29 is 0 Å². The van der Waals surface area contributed by atoms with Gasteiger partial charge in [-0.25, -0.2) is 9.97 Å². The Morgan fingerprint density at radius 2 is 2.10 bits per heavy atom. The Hall–Kier alpha value is -0.960. The molecule has 0 amide bonds. The molecular weight excluding hydrogens is 126 g/mol. The monoisotopic (exact) mass is 137 g/mol. The molecule has 1 heterocycles. The van der Waals surface area contributed by atoms with Crippen LogP contribution in [0.3, 0.4) is 0 Å². The van der Waals surface area contributed by atoms with Crippen LogP contribution in [-0.2, 0) is 6.42 Å². The van der Waals surface area contributed by atoms with E-state index < -0.39 is 0 Å². The molecule has 1 aromatic heterocycles. The van der Waals surface area contributed by atoms with Crippen molar-refractivity contribution in [2.75, 3.05) is 0 Å². The van der Waals surface area contributed by atoms with E-state index in [-0.39, 0.29) is 6.04 Å². The fourth-order valence-electron chi connectivity index (χ4n) is 0.723. The lowest BCUT2D eigenvalue weighted by atomic mass is 10.2. The van der Waals surface area contributed by atoms with Gasteiger partial charge in [-0.05, 0) is 13.0 Å². The number of hydrogen-bond acceptors (Lipinski definition) is 3. The van der Waals surface area contributed by atoms with Crippen molar-refractivity contribution in [1.82, 2.24) is 9.97 Å². The molecule has 10 heavy (non-hydrogen) atoms. The van der Waals surface area contributed by atoms with Gasteiger partial charge in [0.2, 0.25) is 0 Å². The SMILES string of the molecule is C[C@H](N)Cc1ncccn1. The van der Waals surface area contributed by atoms with Gasteiger partial charge in [-0.3, -0.25) is 0 Å². The minimum absolute atomic E-state index is 0.141. The first-order valence-corrected chi connectivity index (χ1v) is 3.30. The van der Waals surface area contributed by atoms with E-state index in [1.165, 1.54) is 0 Å². The molecule has 3 heteroatoms. The highest BCUT2D eigenvalue weighted by molar-refractivity contribution is 4.90. The van der Waals surface area contributed by atoms with Crippen molar-refractivity contribution in [2.24, 2.45) is 5.73 Å². The molecule has 2 N–H and O–H groups in total. The van der Waals surface area contributed by atoms with Crippen LogP contribution in [0.15, 0.2) is 18.5 Å². The maximum atomic E-state index is 5.54. The van der Waals surface area contributed by atoms with E-state index in [0.717, 1.165) is 12.2 Å². The predicted octanol–water partition coefficient (Wildman–Crippen LogP) is 0.366. The minimum Gasteiger partial charge on any atom is -0.328 e. The molecule has 1 aromatic rings. The third-order valence-corrected chi connectivity index (χ3v) is 1.12. The Balaban J connectivity index is 2.59. The number of aromatic nitrogens is 2. The van der Waals surface area contributed by atoms with Crippen LogP contribution in [0, 0.1) is 0 Å². The second-order valence-corrected chi connectivity index (χ2v) is 2.35. The van der Waals surface area contributed by atoms with Gasteiger partial charge in [0, 0.05) is 24.9 Å². The smallest absolute Gasteiger partial charge is 0.129 e. The maximum absolute atomic E-state index is 5.54. The Labute approximate surface area is 60.3 Å². The van der Waals surface area contributed by atoms with Crippen LogP contribution >= 0.6 is 0 Å². The van der Waals surface area contributed by atoms with Crippen LogP contribution in [0.2, 0.25) is 0 Å². The third-order valence-electron chi connectivity index (χ3n) is 1.12. The molecule has 0 unspecified atom stereocenters. The minimum atomic E-state index is 0.141. The average molecular weight is 137 g/mol. The van der Waals surface area contributed by atoms with Crippen molar-refractivity contribution in [3.63, 3.8) is 0 Å². The highest BCUT2D eigenvalue weighted by Crippen LogP contribution is 1.91. The van der Waals surface area contributed by atoms with Gasteiger partial charge in [-0.15, -0.1) is 0 Å². The fraction of sp³-hybridized carbons (Fsp3) is 0.429. The number of hydrogen-bond donors (Lipinski definition) is 1. The van der Waals surface area contributed by atoms with Crippen LogP contribution in [-0.4, -0.2) is 16.0 Å². The summed E-state index contributed by atoms with van der Waals surface area (Å²) < 4.78 is 0. The first-order valence-electron chi connectivity index (χ1n) is 3.30. The molecular formula is C7H11N3. The van der Waals surface area contributed by atoms with Gasteiger partial charge >= 0.3 is 0 Å². The summed E-state index contributed by atoms with van der Waals surface area (Å²) in [6.45, 7) is 1.94. The lowest BCUT2D eigenvalue weighted by molar-refractivity contribution is 0.701. The van der Waals surface area contributed by atoms with Crippen molar-refractivity contribution in [3.8, 4) is 0 Å². The molecule has 0 aliphatic carbocycles. The molecule has 0 aromatic carbocycles. The molecule has 0 aliphatic rings. The largest absolute Gasteiger partial charge is 0.328 e. The van der Waals surface area contributed by atoms with E-state index in [0.29, 0.717) is 0 Å². The van der Waals surface area contributed by atoms with Crippen LogP contribution in [0.25, 0.3) is 0 Å². The highest BCUT2D eigenvalue weighted by atomic mass is 14.9. The Morgan fingerprint density at radius 3 is 2.60 bits per heavy atom. The predicted molar refractivity (Wildman–Crippen MR) is 39.4 cm³/mol. The summed E-state index contributed by atoms with van der Waals surface area (Å²) in [7, 11) is 0. The van der Waals surface area contributed by atoms with E-state index in [1.54, 1.807) is 18.5 Å². The standard InChI is InChI=1S/C7H11N3/c1-6(8)5-7-9-3-2-4-10-7/h2-4,6H,5,8H2,1H3/t6-/m0/s1. The summed E-state index contributed by atoms with van der Waals surface area (Å²) in [5, 5.41) is 0. The third kappa shape index (κ3) is 2.11. The van der Waals surface area contributed by atoms with Crippen LogP contribution in [0.5, 0.6) is 0 Å². The Kier molecular flexibility index (Phi) is 2.34. The van der Waals surface area contributed by atoms with Gasteiger partial charge in [0.15, 0.2) is 0 Å². The summed E-state index contributed by atoms with van der Waals surface area (Å²) in [4.78, 5) is 8.06. The quantitative estimate of drug-likeness (QED) is 0.640. The summed E-state index contributed by atoms with van der Waals surface area (Å²) >= 11 is 0. The summed E-state index contributed by atoms with van der Waals surface area (Å²) in [6.07, 6.45) is 4.20. The van der Waals surface area contributed by atoms with Crippen molar-refractivity contribution in [3.05, 3.63) is 24.3 Å². The first-order chi connectivity index (χ1) is 4.79. The number of nitrogens with zero attached hydrogens (tertiary/aromatic N) is 2.